The summed E-state index contributed by atoms with van der Waals surface area (Å²) in [7, 11) is 0. The molecule has 0 amide bonds. The Bertz CT molecular complexity index is 258. The summed E-state index contributed by atoms with van der Waals surface area (Å²) in [5.41, 5.74) is 1.38. The van der Waals surface area contributed by atoms with Crippen molar-refractivity contribution in [3.8, 4) is 0 Å². The third-order valence-electron chi connectivity index (χ3n) is 3.42. The van der Waals surface area contributed by atoms with Crippen LogP contribution in [0.15, 0.2) is 11.6 Å². The van der Waals surface area contributed by atoms with Crippen molar-refractivity contribution < 1.29 is 14.6 Å². The first-order valence-electron chi connectivity index (χ1n) is 5.54. The van der Waals surface area contributed by atoms with Gasteiger partial charge >= 0.3 is 6.16 Å². The second-order valence-corrected chi connectivity index (χ2v) is 4.58. The Morgan fingerprint density at radius 2 is 2.27 bits per heavy atom. The van der Waals surface area contributed by atoms with Gasteiger partial charge in [-0.1, -0.05) is 25.5 Å². The van der Waals surface area contributed by atoms with Crippen molar-refractivity contribution in [3.63, 3.8) is 0 Å². The molecule has 1 aliphatic carbocycles. The van der Waals surface area contributed by atoms with Gasteiger partial charge in [-0.25, -0.2) is 4.79 Å². The van der Waals surface area contributed by atoms with Gasteiger partial charge in [-0.2, -0.15) is 0 Å². The molecule has 0 saturated carbocycles. The topological polar surface area (TPSA) is 46.5 Å². The van der Waals surface area contributed by atoms with Crippen LogP contribution >= 0.6 is 0 Å². The Labute approximate surface area is 91.1 Å². The maximum Gasteiger partial charge on any atom is 0.505 e. The second kappa shape index (κ2) is 5.19. The molecular formula is C12H20O3. The molecule has 0 bridgehead atoms. The van der Waals surface area contributed by atoms with Crippen molar-refractivity contribution in [3.05, 3.63) is 11.6 Å². The maximum absolute atomic E-state index is 10.2. The summed E-state index contributed by atoms with van der Waals surface area (Å²) in [6, 6.07) is 0. The highest BCUT2D eigenvalue weighted by Crippen LogP contribution is 2.34. The summed E-state index contributed by atoms with van der Waals surface area (Å²) < 4.78 is 4.54. The fourth-order valence-corrected chi connectivity index (χ4v) is 2.20. The molecule has 0 fully saturated rings. The van der Waals surface area contributed by atoms with E-state index in [2.05, 4.69) is 31.6 Å². The molecule has 0 radical (unpaired) electrons. The van der Waals surface area contributed by atoms with Crippen molar-refractivity contribution in [1.82, 2.24) is 0 Å². The van der Waals surface area contributed by atoms with Gasteiger partial charge in [-0.15, -0.1) is 0 Å². The van der Waals surface area contributed by atoms with Crippen molar-refractivity contribution in [1.29, 1.82) is 0 Å². The predicted molar refractivity (Wildman–Crippen MR) is 58.8 cm³/mol. The van der Waals surface area contributed by atoms with Crippen molar-refractivity contribution in [2.75, 3.05) is 6.61 Å². The van der Waals surface area contributed by atoms with Gasteiger partial charge < -0.3 is 9.84 Å². The minimum absolute atomic E-state index is 0.312. The molecule has 15 heavy (non-hydrogen) atoms. The largest absolute Gasteiger partial charge is 0.505 e. The fourth-order valence-electron chi connectivity index (χ4n) is 2.20. The Hall–Kier alpha value is -0.990. The lowest BCUT2D eigenvalue weighted by Gasteiger charge is -2.30. The molecule has 3 heteroatoms. The van der Waals surface area contributed by atoms with E-state index >= 15 is 0 Å². The lowest BCUT2D eigenvalue weighted by atomic mass is 9.76. The Kier molecular flexibility index (Phi) is 4.18. The van der Waals surface area contributed by atoms with Gasteiger partial charge in [0.15, 0.2) is 0 Å². The molecule has 86 valence electrons. The molecule has 3 unspecified atom stereocenters. The first kappa shape index (κ1) is 12.1. The van der Waals surface area contributed by atoms with Gasteiger partial charge in [0.1, 0.15) is 0 Å². The minimum Gasteiger partial charge on any atom is -0.450 e. The predicted octanol–water partition coefficient (Wildman–Crippen LogP) is 3.31. The molecule has 0 heterocycles. The van der Waals surface area contributed by atoms with Gasteiger partial charge in [0, 0.05) is 0 Å². The van der Waals surface area contributed by atoms with E-state index in [1.165, 1.54) is 5.57 Å². The van der Waals surface area contributed by atoms with E-state index in [1.807, 2.05) is 0 Å². The standard InChI is InChI=1S/C12H20O3/c1-8-6-10(3)11(7-9(8)2)4-5-15-12(13)14/h6,8-9,11H,4-5,7H2,1-3H3,(H,13,14). The van der Waals surface area contributed by atoms with E-state index < -0.39 is 6.16 Å². The van der Waals surface area contributed by atoms with E-state index in [1.54, 1.807) is 0 Å². The Morgan fingerprint density at radius 3 is 2.87 bits per heavy atom. The summed E-state index contributed by atoms with van der Waals surface area (Å²) in [4.78, 5) is 10.2. The lowest BCUT2D eigenvalue weighted by molar-refractivity contribution is 0.0858. The number of allylic oxidation sites excluding steroid dienone is 2. The normalized spacial score (nSPS) is 30.9. The highest BCUT2D eigenvalue weighted by molar-refractivity contribution is 5.56. The van der Waals surface area contributed by atoms with Gasteiger partial charge in [0.2, 0.25) is 0 Å². The Balaban J connectivity index is 2.42. The van der Waals surface area contributed by atoms with Crippen molar-refractivity contribution in [2.45, 2.75) is 33.6 Å². The van der Waals surface area contributed by atoms with Crippen LogP contribution in [-0.4, -0.2) is 17.9 Å². The van der Waals surface area contributed by atoms with E-state index in [4.69, 9.17) is 5.11 Å². The minimum atomic E-state index is -1.17. The summed E-state index contributed by atoms with van der Waals surface area (Å²) in [5, 5.41) is 8.37. The zero-order valence-corrected chi connectivity index (χ0v) is 9.69. The van der Waals surface area contributed by atoms with Crippen LogP contribution in [0.25, 0.3) is 0 Å². The molecule has 0 aromatic carbocycles. The van der Waals surface area contributed by atoms with Gasteiger partial charge in [0.25, 0.3) is 0 Å². The van der Waals surface area contributed by atoms with E-state index in [-0.39, 0.29) is 0 Å². The zero-order chi connectivity index (χ0) is 11.4. The van der Waals surface area contributed by atoms with Crippen LogP contribution < -0.4 is 0 Å². The number of carbonyl (C=O) groups is 1. The molecule has 3 atom stereocenters. The molecule has 1 rings (SSSR count). The lowest BCUT2D eigenvalue weighted by Crippen LogP contribution is -2.20. The second-order valence-electron chi connectivity index (χ2n) is 4.58. The summed E-state index contributed by atoms with van der Waals surface area (Å²) >= 11 is 0. The number of hydrogen-bond donors (Lipinski definition) is 1. The molecule has 0 spiro atoms. The van der Waals surface area contributed by atoms with Crippen molar-refractivity contribution >= 4 is 6.16 Å². The quantitative estimate of drug-likeness (QED) is 0.576. The van der Waals surface area contributed by atoms with Crippen LogP contribution in [0.1, 0.15) is 33.6 Å². The summed E-state index contributed by atoms with van der Waals surface area (Å²) in [5.74, 6) is 1.82. The highest BCUT2D eigenvalue weighted by Gasteiger charge is 2.23. The molecule has 1 N–H and O–H groups in total. The van der Waals surface area contributed by atoms with Gasteiger partial charge in [-0.05, 0) is 37.5 Å². The third kappa shape index (κ3) is 3.57. The fraction of sp³-hybridized carbons (Fsp3) is 0.750. The maximum atomic E-state index is 10.2. The molecule has 0 saturated heterocycles. The molecule has 0 aliphatic heterocycles. The number of carboxylic acid groups (broad SMARTS) is 1. The number of ether oxygens (including phenoxy) is 1. The van der Waals surface area contributed by atoms with Crippen LogP contribution in [0.3, 0.4) is 0 Å². The van der Waals surface area contributed by atoms with Crippen LogP contribution in [-0.2, 0) is 4.74 Å². The third-order valence-corrected chi connectivity index (χ3v) is 3.42. The Morgan fingerprint density at radius 1 is 1.60 bits per heavy atom. The molecule has 0 aromatic heterocycles. The van der Waals surface area contributed by atoms with Gasteiger partial charge in [-0.3, -0.25) is 0 Å². The van der Waals surface area contributed by atoms with E-state index in [0.717, 1.165) is 12.8 Å². The van der Waals surface area contributed by atoms with Crippen LogP contribution in [0.2, 0.25) is 0 Å². The van der Waals surface area contributed by atoms with Crippen LogP contribution in [0, 0.1) is 17.8 Å². The molecule has 0 aromatic rings. The summed E-state index contributed by atoms with van der Waals surface area (Å²) in [6.07, 6.45) is 3.09. The first-order chi connectivity index (χ1) is 7.00. The van der Waals surface area contributed by atoms with Crippen LogP contribution in [0.5, 0.6) is 0 Å². The monoisotopic (exact) mass is 212 g/mol. The van der Waals surface area contributed by atoms with Crippen molar-refractivity contribution in [2.24, 2.45) is 17.8 Å². The molecule has 3 nitrogen and oxygen atoms in total. The van der Waals surface area contributed by atoms with E-state index in [9.17, 15) is 4.79 Å². The SMILES string of the molecule is CC1=CC(C)C(C)CC1CCOC(=O)O. The molecule has 1 aliphatic rings. The average molecular weight is 212 g/mol. The van der Waals surface area contributed by atoms with E-state index in [0.29, 0.717) is 24.4 Å². The summed E-state index contributed by atoms with van der Waals surface area (Å²) in [6.45, 7) is 6.93. The highest BCUT2D eigenvalue weighted by atomic mass is 16.7. The average Bonchev–Trinajstić information content (AvgIpc) is 2.13. The first-order valence-corrected chi connectivity index (χ1v) is 5.54. The van der Waals surface area contributed by atoms with Gasteiger partial charge in [0.05, 0.1) is 6.61 Å². The number of rotatable bonds is 3. The smallest absolute Gasteiger partial charge is 0.450 e. The van der Waals surface area contributed by atoms with Crippen LogP contribution in [0.4, 0.5) is 4.79 Å². The zero-order valence-electron chi connectivity index (χ0n) is 9.69. The number of hydrogen-bond acceptors (Lipinski definition) is 2. The molecular weight excluding hydrogens is 192 g/mol.